The van der Waals surface area contributed by atoms with Crippen LogP contribution in [-0.4, -0.2) is 52.2 Å². The number of pyridine rings is 1. The monoisotopic (exact) mass is 361 g/mol. The van der Waals surface area contributed by atoms with Crippen LogP contribution in [0.3, 0.4) is 0 Å². The Bertz CT molecular complexity index is 869. The predicted octanol–water partition coefficient (Wildman–Crippen LogP) is 3.21. The molecule has 6 nitrogen and oxygen atoms in total. The third kappa shape index (κ3) is 3.69. The number of H-pyrrole nitrogens is 1. The Hall–Kier alpha value is -3.15. The highest BCUT2D eigenvalue weighted by atomic mass is 16.2. The molecule has 0 aliphatic carbocycles. The summed E-state index contributed by atoms with van der Waals surface area (Å²) in [5, 5.41) is 6.91. The van der Waals surface area contributed by atoms with Gasteiger partial charge in [0.2, 0.25) is 0 Å². The van der Waals surface area contributed by atoms with Crippen LogP contribution in [0.4, 0.5) is 5.69 Å². The first-order valence-corrected chi connectivity index (χ1v) is 9.24. The molecule has 1 fully saturated rings. The Labute approximate surface area is 158 Å². The van der Waals surface area contributed by atoms with Gasteiger partial charge in [0.1, 0.15) is 0 Å². The minimum atomic E-state index is 0.0773. The van der Waals surface area contributed by atoms with E-state index in [2.05, 4.69) is 20.1 Å². The number of hydrogen-bond donors (Lipinski definition) is 1. The van der Waals surface area contributed by atoms with Gasteiger partial charge >= 0.3 is 0 Å². The van der Waals surface area contributed by atoms with Crippen molar-refractivity contribution in [3.8, 4) is 11.3 Å². The summed E-state index contributed by atoms with van der Waals surface area (Å²) in [7, 11) is 1.91. The fourth-order valence-electron chi connectivity index (χ4n) is 3.64. The van der Waals surface area contributed by atoms with E-state index in [1.807, 2.05) is 66.8 Å². The van der Waals surface area contributed by atoms with Crippen LogP contribution in [0, 0.1) is 0 Å². The van der Waals surface area contributed by atoms with Crippen molar-refractivity contribution in [3.05, 3.63) is 66.6 Å². The van der Waals surface area contributed by atoms with Gasteiger partial charge in [-0.15, -0.1) is 0 Å². The number of amides is 1. The minimum absolute atomic E-state index is 0.0773. The molecule has 0 atom stereocenters. The molecule has 0 bridgehead atoms. The molecule has 138 valence electrons. The molecule has 27 heavy (non-hydrogen) atoms. The lowest BCUT2D eigenvalue weighted by molar-refractivity contribution is 0.0709. The second-order valence-electron chi connectivity index (χ2n) is 6.89. The summed E-state index contributed by atoms with van der Waals surface area (Å²) >= 11 is 0. The normalized spacial score (nSPS) is 14.9. The van der Waals surface area contributed by atoms with Gasteiger partial charge in [-0.05, 0) is 48.7 Å². The number of carbonyl (C=O) groups excluding carboxylic acids is 1. The van der Waals surface area contributed by atoms with Gasteiger partial charge in [0.15, 0.2) is 0 Å². The number of nitrogens with zero attached hydrogens (tertiary/aromatic N) is 4. The molecule has 6 heteroatoms. The van der Waals surface area contributed by atoms with E-state index in [0.29, 0.717) is 0 Å². The molecule has 0 saturated carbocycles. The zero-order chi connectivity index (χ0) is 18.6. The molecule has 1 aliphatic heterocycles. The van der Waals surface area contributed by atoms with Gasteiger partial charge in [0.25, 0.3) is 5.91 Å². The quantitative estimate of drug-likeness (QED) is 0.775. The molecule has 4 rings (SSSR count). The molecule has 0 unspecified atom stereocenters. The van der Waals surface area contributed by atoms with Gasteiger partial charge < -0.3 is 9.80 Å². The molecule has 1 aliphatic rings. The molecule has 3 aromatic rings. The lowest BCUT2D eigenvalue weighted by Crippen LogP contribution is -2.45. The number of rotatable bonds is 4. The highest BCUT2D eigenvalue weighted by Crippen LogP contribution is 2.23. The standard InChI is InChI=1S/C21H23N5O/c1-25(18-9-14-26(15-10-18)19-6-11-22-12-7-19)21(27)17-4-2-16(3-5-17)20-8-13-23-24-20/h2-8,11-13,18H,9-10,14-15H2,1H3,(H,23,24). The average molecular weight is 361 g/mol. The van der Waals surface area contributed by atoms with E-state index >= 15 is 0 Å². The maximum atomic E-state index is 12.9. The van der Waals surface area contributed by atoms with Crippen LogP contribution >= 0.6 is 0 Å². The highest BCUT2D eigenvalue weighted by molar-refractivity contribution is 5.94. The van der Waals surface area contributed by atoms with Gasteiger partial charge in [0, 0.05) is 56.0 Å². The van der Waals surface area contributed by atoms with Gasteiger partial charge in [-0.3, -0.25) is 14.9 Å². The van der Waals surface area contributed by atoms with Crippen molar-refractivity contribution in [1.82, 2.24) is 20.1 Å². The summed E-state index contributed by atoms with van der Waals surface area (Å²) in [6.45, 7) is 1.90. The molecule has 1 aromatic carbocycles. The molecule has 1 amide bonds. The number of piperidine rings is 1. The Morgan fingerprint density at radius 1 is 1.04 bits per heavy atom. The topological polar surface area (TPSA) is 65.1 Å². The minimum Gasteiger partial charge on any atom is -0.371 e. The first-order valence-electron chi connectivity index (χ1n) is 9.24. The summed E-state index contributed by atoms with van der Waals surface area (Å²) in [6, 6.07) is 14.0. The van der Waals surface area contributed by atoms with Crippen LogP contribution in [0.5, 0.6) is 0 Å². The second-order valence-corrected chi connectivity index (χ2v) is 6.89. The largest absolute Gasteiger partial charge is 0.371 e. The third-order valence-electron chi connectivity index (χ3n) is 5.30. The fraction of sp³-hybridized carbons (Fsp3) is 0.286. The van der Waals surface area contributed by atoms with E-state index in [4.69, 9.17) is 0 Å². The maximum absolute atomic E-state index is 12.9. The van der Waals surface area contributed by atoms with E-state index in [1.54, 1.807) is 6.20 Å². The van der Waals surface area contributed by atoms with Crippen molar-refractivity contribution < 1.29 is 4.79 Å². The van der Waals surface area contributed by atoms with Crippen LogP contribution in [0.2, 0.25) is 0 Å². The van der Waals surface area contributed by atoms with Crippen molar-refractivity contribution in [2.75, 3.05) is 25.0 Å². The van der Waals surface area contributed by atoms with Crippen molar-refractivity contribution in [2.45, 2.75) is 18.9 Å². The van der Waals surface area contributed by atoms with Gasteiger partial charge in [-0.25, -0.2) is 0 Å². The summed E-state index contributed by atoms with van der Waals surface area (Å²) in [6.07, 6.45) is 7.31. The third-order valence-corrected chi connectivity index (χ3v) is 5.30. The molecular formula is C21H23N5O. The number of hydrogen-bond acceptors (Lipinski definition) is 4. The number of benzene rings is 1. The highest BCUT2D eigenvalue weighted by Gasteiger charge is 2.26. The summed E-state index contributed by atoms with van der Waals surface area (Å²) in [5.41, 5.74) is 3.90. The summed E-state index contributed by atoms with van der Waals surface area (Å²) in [5.74, 6) is 0.0773. The van der Waals surface area contributed by atoms with Crippen molar-refractivity contribution in [1.29, 1.82) is 0 Å². The van der Waals surface area contributed by atoms with Crippen LogP contribution in [0.25, 0.3) is 11.3 Å². The molecule has 3 heterocycles. The Morgan fingerprint density at radius 3 is 2.37 bits per heavy atom. The van der Waals surface area contributed by atoms with Gasteiger partial charge in [-0.1, -0.05) is 12.1 Å². The molecule has 1 N–H and O–H groups in total. The Morgan fingerprint density at radius 2 is 1.74 bits per heavy atom. The average Bonchev–Trinajstić information content (AvgIpc) is 3.28. The zero-order valence-electron chi connectivity index (χ0n) is 15.4. The van der Waals surface area contributed by atoms with Gasteiger partial charge in [-0.2, -0.15) is 5.10 Å². The van der Waals surface area contributed by atoms with E-state index in [0.717, 1.165) is 42.8 Å². The molecule has 1 saturated heterocycles. The Kier molecular flexibility index (Phi) is 4.87. The summed E-state index contributed by atoms with van der Waals surface area (Å²) in [4.78, 5) is 21.2. The molecular weight excluding hydrogens is 338 g/mol. The lowest BCUT2D eigenvalue weighted by atomic mass is 10.0. The van der Waals surface area contributed by atoms with Gasteiger partial charge in [0.05, 0.1) is 5.69 Å². The zero-order valence-corrected chi connectivity index (χ0v) is 15.4. The number of anilines is 1. The SMILES string of the molecule is CN(C(=O)c1ccc(-c2ccn[nH]2)cc1)C1CCN(c2ccncc2)CC1. The smallest absolute Gasteiger partial charge is 0.253 e. The van der Waals surface area contributed by atoms with Crippen LogP contribution in [0.1, 0.15) is 23.2 Å². The number of nitrogens with one attached hydrogen (secondary N) is 1. The second kappa shape index (κ2) is 7.61. The maximum Gasteiger partial charge on any atom is 0.253 e. The molecule has 2 aromatic heterocycles. The number of aromatic nitrogens is 3. The number of aromatic amines is 1. The van der Waals surface area contributed by atoms with Crippen molar-refractivity contribution in [2.24, 2.45) is 0 Å². The summed E-state index contributed by atoms with van der Waals surface area (Å²) < 4.78 is 0. The lowest BCUT2D eigenvalue weighted by Gasteiger charge is -2.37. The van der Waals surface area contributed by atoms with E-state index < -0.39 is 0 Å². The number of carbonyl (C=O) groups is 1. The molecule has 0 radical (unpaired) electrons. The first kappa shape index (κ1) is 17.3. The van der Waals surface area contributed by atoms with E-state index in [-0.39, 0.29) is 11.9 Å². The molecule has 0 spiro atoms. The van der Waals surface area contributed by atoms with E-state index in [9.17, 15) is 4.79 Å². The first-order chi connectivity index (χ1) is 13.2. The van der Waals surface area contributed by atoms with Crippen molar-refractivity contribution >= 4 is 11.6 Å². The van der Waals surface area contributed by atoms with Crippen LogP contribution in [-0.2, 0) is 0 Å². The Balaban J connectivity index is 1.38. The van der Waals surface area contributed by atoms with Crippen LogP contribution < -0.4 is 4.90 Å². The van der Waals surface area contributed by atoms with Crippen LogP contribution in [0.15, 0.2) is 61.1 Å². The predicted molar refractivity (Wildman–Crippen MR) is 106 cm³/mol. The van der Waals surface area contributed by atoms with E-state index in [1.165, 1.54) is 5.69 Å². The van der Waals surface area contributed by atoms with Crippen molar-refractivity contribution in [3.63, 3.8) is 0 Å². The fourth-order valence-corrected chi connectivity index (χ4v) is 3.64.